The summed E-state index contributed by atoms with van der Waals surface area (Å²) < 4.78 is 128. The molecule has 0 bridgehead atoms. The minimum Gasteiger partial charge on any atom is -0.510 e. The van der Waals surface area contributed by atoms with Crippen LogP contribution in [0.3, 0.4) is 0 Å². The molecule has 0 unspecified atom stereocenters. The van der Waals surface area contributed by atoms with Gasteiger partial charge in [0.15, 0.2) is 9.84 Å². The topological polar surface area (TPSA) is 281 Å². The Balaban J connectivity index is 2.09. The number of rotatable bonds is 11. The lowest BCUT2D eigenvalue weighted by atomic mass is 10.1. The van der Waals surface area contributed by atoms with Crippen molar-refractivity contribution in [2.45, 2.75) is 11.3 Å². The summed E-state index contributed by atoms with van der Waals surface area (Å²) in [6, 6.07) is 11.8. The first-order valence-corrected chi connectivity index (χ1v) is 18.5. The van der Waals surface area contributed by atoms with Crippen LogP contribution < -0.4 is 5.32 Å². The van der Waals surface area contributed by atoms with Gasteiger partial charge in [0.2, 0.25) is 0 Å². The van der Waals surface area contributed by atoms with Crippen molar-refractivity contribution in [2.24, 2.45) is 10.2 Å². The lowest BCUT2D eigenvalue weighted by molar-refractivity contribution is 0.0964. The van der Waals surface area contributed by atoms with E-state index in [0.717, 1.165) is 36.4 Å². The first-order chi connectivity index (χ1) is 21.7. The molecule has 0 spiro atoms. The van der Waals surface area contributed by atoms with Gasteiger partial charge in [-0.2, -0.15) is 30.4 Å². The van der Waals surface area contributed by atoms with Crippen molar-refractivity contribution in [1.82, 2.24) is 5.32 Å². The molecule has 1 amide bonds. The van der Waals surface area contributed by atoms with E-state index in [1.165, 1.54) is 12.1 Å². The van der Waals surface area contributed by atoms with Crippen molar-refractivity contribution in [3.63, 3.8) is 0 Å². The number of azo groups is 1. The van der Waals surface area contributed by atoms with E-state index >= 15 is 0 Å². The Bertz CT molecular complexity index is 2170. The lowest BCUT2D eigenvalue weighted by Crippen LogP contribution is -2.23. The first kappa shape index (κ1) is 37.1. The van der Waals surface area contributed by atoms with Crippen molar-refractivity contribution in [1.29, 1.82) is 0 Å². The molecule has 0 saturated carbocycles. The van der Waals surface area contributed by atoms with E-state index in [9.17, 15) is 52.7 Å². The minimum absolute atomic E-state index is 0.143. The van der Waals surface area contributed by atoms with Crippen LogP contribution in [-0.4, -0.2) is 70.7 Å². The van der Waals surface area contributed by atoms with Gasteiger partial charge in [-0.3, -0.25) is 18.5 Å². The van der Waals surface area contributed by atoms with Gasteiger partial charge in [-0.05, 0) is 60.2 Å². The number of nitrogens with one attached hydrogen (secondary N) is 1. The molecule has 1 aliphatic rings. The predicted octanol–water partition coefficient (Wildman–Crippen LogP) is 2.95. The summed E-state index contributed by atoms with van der Waals surface area (Å²) in [5.41, 5.74) is -1.88. The monoisotopic (exact) mass is 731 g/mol. The Labute approximate surface area is 269 Å². The third-order valence-corrected chi connectivity index (χ3v) is 9.81. The van der Waals surface area contributed by atoms with Crippen LogP contribution >= 0.6 is 0 Å². The Morgan fingerprint density at radius 1 is 0.830 bits per heavy atom. The van der Waals surface area contributed by atoms with Crippen molar-refractivity contribution in [3.8, 4) is 0 Å². The molecule has 1 aliphatic carbocycles. The maximum Gasteiger partial charge on any atom is 0.397 e. The zero-order valence-electron chi connectivity index (χ0n) is 23.7. The maximum absolute atomic E-state index is 12.8. The molecule has 2 aromatic rings. The molecule has 0 radical (unpaired) electrons. The number of carbonyl (C=O) groups excluding carboxylic acids is 1. The van der Waals surface area contributed by atoms with Crippen LogP contribution in [0.2, 0.25) is 0 Å². The highest BCUT2D eigenvalue weighted by molar-refractivity contribution is 7.91. The number of aliphatic hydroxyl groups excluding tert-OH is 1. The van der Waals surface area contributed by atoms with Crippen molar-refractivity contribution in [3.05, 3.63) is 118 Å². The largest absolute Gasteiger partial charge is 0.510 e. The quantitative estimate of drug-likeness (QED) is 0.164. The number of sulfone groups is 1. The van der Waals surface area contributed by atoms with Gasteiger partial charge >= 0.3 is 10.4 Å². The van der Waals surface area contributed by atoms with Crippen LogP contribution in [0, 0.1) is 0 Å². The molecule has 5 N–H and O–H groups in total. The summed E-state index contributed by atoms with van der Waals surface area (Å²) in [5.74, 6) is -2.47. The zero-order valence-corrected chi connectivity index (χ0v) is 26.9. The highest BCUT2D eigenvalue weighted by Crippen LogP contribution is 2.30. The number of amides is 1. The van der Waals surface area contributed by atoms with E-state index in [2.05, 4.69) is 26.3 Å². The first-order valence-electron chi connectivity index (χ1n) is 12.6. The summed E-state index contributed by atoms with van der Waals surface area (Å²) in [4.78, 5) is 10.3. The summed E-state index contributed by atoms with van der Waals surface area (Å²) in [7, 11) is -19.4. The van der Waals surface area contributed by atoms with Gasteiger partial charge in [-0.25, -0.2) is 12.6 Å². The van der Waals surface area contributed by atoms with Crippen LogP contribution in [-0.2, 0) is 44.7 Å². The second-order valence-electron chi connectivity index (χ2n) is 9.26. The number of benzene rings is 2. The van der Waals surface area contributed by atoms with E-state index in [4.69, 9.17) is 4.55 Å². The third kappa shape index (κ3) is 10.9. The van der Waals surface area contributed by atoms with Crippen LogP contribution in [0.15, 0.2) is 127 Å². The second-order valence-corrected chi connectivity index (χ2v) is 15.2. The fraction of sp³-hybridized carbons (Fsp3) is 0.115. The van der Waals surface area contributed by atoms with Crippen molar-refractivity contribution >= 4 is 52.1 Å². The highest BCUT2D eigenvalue weighted by Gasteiger charge is 2.27. The van der Waals surface area contributed by atoms with Crippen LogP contribution in [0.5, 0.6) is 0 Å². The fourth-order valence-corrected chi connectivity index (χ4v) is 6.50. The number of carbonyl (C=O) groups is 1. The Morgan fingerprint density at radius 2 is 1.43 bits per heavy atom. The van der Waals surface area contributed by atoms with Gasteiger partial charge in [0.1, 0.15) is 21.3 Å². The van der Waals surface area contributed by atoms with E-state index in [1.807, 2.05) is 0 Å². The van der Waals surface area contributed by atoms with Crippen LogP contribution in [0.1, 0.15) is 16.8 Å². The van der Waals surface area contributed by atoms with E-state index in [1.54, 1.807) is 18.2 Å². The Morgan fingerprint density at radius 3 is 1.98 bits per heavy atom. The molecule has 21 heteroatoms. The average molecular weight is 732 g/mol. The van der Waals surface area contributed by atoms with Gasteiger partial charge < -0.3 is 10.4 Å². The van der Waals surface area contributed by atoms with Crippen LogP contribution in [0.4, 0.5) is 5.69 Å². The zero-order chi connectivity index (χ0) is 35.2. The number of hydrogen-bond acceptors (Lipinski definition) is 13. The van der Waals surface area contributed by atoms with Gasteiger partial charge in [0.05, 0.1) is 22.9 Å². The van der Waals surface area contributed by atoms with Gasteiger partial charge in [-0.15, -0.1) is 5.11 Å². The fourth-order valence-electron chi connectivity index (χ4n) is 3.69. The molecule has 0 saturated heterocycles. The summed E-state index contributed by atoms with van der Waals surface area (Å²) >= 11 is 0. The molecule has 0 heterocycles. The minimum atomic E-state index is -5.34. The Hall–Kier alpha value is -4.35. The number of hydrogen-bond donors (Lipinski definition) is 5. The van der Waals surface area contributed by atoms with E-state index < -0.39 is 92.0 Å². The Kier molecular flexibility index (Phi) is 11.5. The molecular weight excluding hydrogens is 707 g/mol. The van der Waals surface area contributed by atoms with Crippen molar-refractivity contribution in [2.75, 3.05) is 12.4 Å². The van der Waals surface area contributed by atoms with E-state index in [0.29, 0.717) is 6.08 Å². The van der Waals surface area contributed by atoms with Gasteiger partial charge in [0.25, 0.3) is 26.1 Å². The smallest absolute Gasteiger partial charge is 0.397 e. The molecule has 0 atom stereocenters. The molecule has 3 rings (SSSR count). The number of allylic oxidation sites excluding steroid dienone is 4. The van der Waals surface area contributed by atoms with Gasteiger partial charge in [-0.1, -0.05) is 24.8 Å². The normalized spacial score (nSPS) is 18.9. The third-order valence-electron chi connectivity index (χ3n) is 5.83. The highest BCUT2D eigenvalue weighted by atomic mass is 32.3. The molecule has 252 valence electrons. The van der Waals surface area contributed by atoms with Gasteiger partial charge in [0, 0.05) is 17.7 Å². The predicted molar refractivity (Wildman–Crippen MR) is 165 cm³/mol. The molecular formula is C26H25N3O14S4. The lowest BCUT2D eigenvalue weighted by Gasteiger charge is -2.14. The summed E-state index contributed by atoms with van der Waals surface area (Å²) in [6.07, 6.45) is 1.53. The van der Waals surface area contributed by atoms with Crippen LogP contribution in [0.25, 0.3) is 0 Å². The molecule has 2 aromatic carbocycles. The number of aliphatic hydroxyl groups is 1. The molecule has 47 heavy (non-hydrogen) atoms. The summed E-state index contributed by atoms with van der Waals surface area (Å²) in [5, 5.41) is 20.9. The molecule has 17 nitrogen and oxygen atoms in total. The number of nitrogens with zero attached hydrogens (tertiary/aromatic N) is 2. The maximum atomic E-state index is 12.8. The summed E-state index contributed by atoms with van der Waals surface area (Å²) in [6.45, 7) is 2.53. The molecule has 0 fully saturated rings. The molecule has 0 aromatic heterocycles. The second kappa shape index (κ2) is 14.6. The SMILES string of the molecule is C=C1/C=C(/S(=O)(=O)O)C(/N=N/c2ccc(S(=O)(=O)CCOS(=O)(=O)O)cc2)=C(O)C/C(NC(=O)c2ccccc2)=C\C=C/1S(=O)(=O)O. The van der Waals surface area contributed by atoms with Crippen molar-refractivity contribution < 1.29 is 61.4 Å². The molecule has 0 aliphatic heterocycles. The van der Waals surface area contributed by atoms with E-state index in [-0.39, 0.29) is 21.8 Å². The average Bonchev–Trinajstić information content (AvgIpc) is 2.95. The standard InChI is InChI=1S/C26H25N3O14S4/c1-17-15-24(46(37,38)39)25(29-28-19-7-10-21(11-8-19)44(32,33)14-13-43-47(40,41)42)22(30)16-20(9-12-23(17)45(34,35)36)27-26(31)18-5-3-2-4-6-18/h2-12,15,30H,1,13-14,16H2,(H,27,31)(H,34,35,36)(H,37,38,39)(H,40,41,42)/b20-9+,23-12+,24-15+,25-22?,29-28+.